The van der Waals surface area contributed by atoms with Gasteiger partial charge in [-0.2, -0.15) is 16.8 Å². The molecule has 0 amide bonds. The van der Waals surface area contributed by atoms with Gasteiger partial charge in [-0.05, 0) is 12.1 Å². The summed E-state index contributed by atoms with van der Waals surface area (Å²) in [6, 6.07) is 1.93. The fraction of sp³-hybridized carbons (Fsp3) is 0.143. The van der Waals surface area contributed by atoms with Crippen molar-refractivity contribution in [3.63, 3.8) is 0 Å². The Morgan fingerprint density at radius 3 is 1.82 bits per heavy atom. The summed E-state index contributed by atoms with van der Waals surface area (Å²) in [6.45, 7) is 0. The van der Waals surface area contributed by atoms with Crippen LogP contribution in [0.15, 0.2) is 28.0 Å². The molecule has 0 unspecified atom stereocenters. The minimum absolute atomic E-state index is 0.416. The van der Waals surface area contributed by atoms with E-state index in [1.54, 1.807) is 0 Å². The highest BCUT2D eigenvalue weighted by molar-refractivity contribution is 7.86. The van der Waals surface area contributed by atoms with E-state index in [1.807, 2.05) is 0 Å². The second-order valence-electron chi connectivity index (χ2n) is 3.02. The van der Waals surface area contributed by atoms with Crippen LogP contribution >= 0.6 is 0 Å². The number of benzene rings is 1. The van der Waals surface area contributed by atoms with E-state index < -0.39 is 41.9 Å². The second kappa shape index (κ2) is 4.33. The van der Waals surface area contributed by atoms with E-state index >= 15 is 0 Å². The highest BCUT2D eigenvalue weighted by Crippen LogP contribution is 2.24. The summed E-state index contributed by atoms with van der Waals surface area (Å²) in [5.41, 5.74) is -0.611. The zero-order valence-electron chi connectivity index (χ0n) is 8.05. The molecule has 0 saturated heterocycles. The molecule has 0 saturated carbocycles. The average Bonchev–Trinajstić information content (AvgIpc) is 2.14. The third-order valence-electron chi connectivity index (χ3n) is 1.84. The van der Waals surface area contributed by atoms with Gasteiger partial charge in [-0.3, -0.25) is 9.11 Å². The lowest BCUT2D eigenvalue weighted by Crippen LogP contribution is -2.09. The van der Waals surface area contributed by atoms with Crippen LogP contribution in [0.3, 0.4) is 0 Å². The highest BCUT2D eigenvalue weighted by atomic mass is 32.2. The number of hydrogen-bond donors (Lipinski definition) is 4. The minimum Gasteiger partial charge on any atom is -0.364 e. The smallest absolute Gasteiger partial charge is 0.295 e. The van der Waals surface area contributed by atoms with E-state index in [2.05, 4.69) is 0 Å². The van der Waals surface area contributed by atoms with Crippen LogP contribution < -0.4 is 0 Å². The molecule has 0 bridgehead atoms. The monoisotopic (exact) mass is 284 g/mol. The van der Waals surface area contributed by atoms with E-state index in [0.29, 0.717) is 6.07 Å². The first-order chi connectivity index (χ1) is 7.53. The molecule has 0 atom stereocenters. The topological polar surface area (TPSA) is 149 Å². The van der Waals surface area contributed by atoms with Gasteiger partial charge in [0.1, 0.15) is 4.90 Å². The van der Waals surface area contributed by atoms with Crippen LogP contribution in [0.1, 0.15) is 11.9 Å². The minimum atomic E-state index is -4.86. The molecule has 0 heterocycles. The van der Waals surface area contributed by atoms with Gasteiger partial charge in [-0.15, -0.1) is 0 Å². The Kier molecular flexibility index (Phi) is 3.57. The van der Waals surface area contributed by atoms with Gasteiger partial charge in [-0.1, -0.05) is 6.07 Å². The molecule has 96 valence electrons. The molecular formula is C7H8O8S2. The van der Waals surface area contributed by atoms with Gasteiger partial charge in [0.15, 0.2) is 6.29 Å². The fourth-order valence-electron chi connectivity index (χ4n) is 1.11. The SMILES string of the molecule is O=S(=O)(O)c1ccc(C(O)O)c(S(=O)(=O)O)c1. The van der Waals surface area contributed by atoms with Gasteiger partial charge in [-0.25, -0.2) is 0 Å². The van der Waals surface area contributed by atoms with Gasteiger partial charge in [0.25, 0.3) is 20.2 Å². The predicted molar refractivity (Wildman–Crippen MR) is 53.2 cm³/mol. The zero-order valence-corrected chi connectivity index (χ0v) is 9.68. The van der Waals surface area contributed by atoms with E-state index in [4.69, 9.17) is 19.3 Å². The maximum absolute atomic E-state index is 10.9. The Balaban J connectivity index is 3.63. The first-order valence-electron chi connectivity index (χ1n) is 3.98. The third kappa shape index (κ3) is 3.21. The molecule has 17 heavy (non-hydrogen) atoms. The van der Waals surface area contributed by atoms with Crippen LogP contribution in [-0.2, 0) is 20.2 Å². The first kappa shape index (κ1) is 14.0. The highest BCUT2D eigenvalue weighted by Gasteiger charge is 2.22. The van der Waals surface area contributed by atoms with E-state index in [-0.39, 0.29) is 0 Å². The summed E-state index contributed by atoms with van der Waals surface area (Å²) in [6.07, 6.45) is -2.22. The Morgan fingerprint density at radius 1 is 0.941 bits per heavy atom. The summed E-state index contributed by atoms with van der Waals surface area (Å²) in [4.78, 5) is -1.81. The molecule has 0 aliphatic carbocycles. The van der Waals surface area contributed by atoms with Gasteiger partial charge in [0.05, 0.1) is 4.90 Å². The van der Waals surface area contributed by atoms with Crippen molar-refractivity contribution in [2.45, 2.75) is 16.1 Å². The molecule has 0 aliphatic rings. The Hall–Kier alpha value is -1.04. The molecule has 0 aliphatic heterocycles. The summed E-state index contributed by atoms with van der Waals surface area (Å²) in [7, 11) is -9.52. The molecule has 0 spiro atoms. The standard InChI is InChI=1S/C7H8O8S2/c8-7(9)5-2-1-4(16(10,11)12)3-6(5)17(13,14)15/h1-3,7-9H,(H,10,11,12)(H,13,14,15). The summed E-state index contributed by atoms with van der Waals surface area (Å²) in [5.74, 6) is 0. The number of aliphatic hydroxyl groups is 2. The number of aliphatic hydroxyl groups excluding tert-OH is 1. The van der Waals surface area contributed by atoms with Crippen molar-refractivity contribution in [1.82, 2.24) is 0 Å². The average molecular weight is 284 g/mol. The Bertz CT molecular complexity index is 628. The molecular weight excluding hydrogens is 276 g/mol. The van der Waals surface area contributed by atoms with E-state index in [9.17, 15) is 16.8 Å². The molecule has 10 heteroatoms. The Labute approximate surface area is 96.6 Å². The lowest BCUT2D eigenvalue weighted by Gasteiger charge is -2.09. The van der Waals surface area contributed by atoms with Crippen LogP contribution in [0.4, 0.5) is 0 Å². The zero-order chi connectivity index (χ0) is 13.4. The molecule has 1 aromatic rings. The molecule has 0 aromatic heterocycles. The second-order valence-corrected chi connectivity index (χ2v) is 5.83. The van der Waals surface area contributed by atoms with Crippen molar-refractivity contribution in [3.8, 4) is 0 Å². The van der Waals surface area contributed by atoms with Gasteiger partial charge in [0.2, 0.25) is 0 Å². The van der Waals surface area contributed by atoms with Crippen LogP contribution in [0, 0.1) is 0 Å². The van der Waals surface area contributed by atoms with Gasteiger partial charge in [0, 0.05) is 5.56 Å². The van der Waals surface area contributed by atoms with Gasteiger partial charge < -0.3 is 10.2 Å². The summed E-state index contributed by atoms with van der Waals surface area (Å²) in [5, 5.41) is 17.7. The molecule has 1 aromatic carbocycles. The molecule has 0 radical (unpaired) electrons. The maximum atomic E-state index is 10.9. The van der Waals surface area contributed by atoms with Crippen molar-refractivity contribution in [3.05, 3.63) is 23.8 Å². The maximum Gasteiger partial charge on any atom is 0.295 e. The van der Waals surface area contributed by atoms with Crippen molar-refractivity contribution in [1.29, 1.82) is 0 Å². The Morgan fingerprint density at radius 2 is 1.47 bits per heavy atom. The first-order valence-corrected chi connectivity index (χ1v) is 6.86. The van der Waals surface area contributed by atoms with Crippen molar-refractivity contribution < 1.29 is 36.2 Å². The molecule has 4 N–H and O–H groups in total. The largest absolute Gasteiger partial charge is 0.364 e. The van der Waals surface area contributed by atoms with Crippen molar-refractivity contribution in [2.24, 2.45) is 0 Å². The molecule has 8 nitrogen and oxygen atoms in total. The quantitative estimate of drug-likeness (QED) is 0.414. The fourth-order valence-corrected chi connectivity index (χ4v) is 2.44. The van der Waals surface area contributed by atoms with Crippen LogP contribution in [0.25, 0.3) is 0 Å². The van der Waals surface area contributed by atoms with Crippen LogP contribution in [0.5, 0.6) is 0 Å². The summed E-state index contributed by atoms with van der Waals surface area (Å²) < 4.78 is 60.7. The predicted octanol–water partition coefficient (Wildman–Crippen LogP) is -0.837. The van der Waals surface area contributed by atoms with Gasteiger partial charge >= 0.3 is 0 Å². The number of hydrogen-bond acceptors (Lipinski definition) is 6. The van der Waals surface area contributed by atoms with Crippen molar-refractivity contribution >= 4 is 20.2 Å². The molecule has 0 fully saturated rings. The van der Waals surface area contributed by atoms with E-state index in [0.717, 1.165) is 12.1 Å². The van der Waals surface area contributed by atoms with Crippen LogP contribution in [0.2, 0.25) is 0 Å². The van der Waals surface area contributed by atoms with E-state index in [1.165, 1.54) is 0 Å². The lowest BCUT2D eigenvalue weighted by molar-refractivity contribution is -0.0448. The van der Waals surface area contributed by atoms with Crippen molar-refractivity contribution in [2.75, 3.05) is 0 Å². The van der Waals surface area contributed by atoms with Crippen LogP contribution in [-0.4, -0.2) is 36.2 Å². The lowest BCUT2D eigenvalue weighted by atomic mass is 10.2. The summed E-state index contributed by atoms with van der Waals surface area (Å²) >= 11 is 0. The normalized spacial score (nSPS) is 13.0. The molecule has 1 rings (SSSR count). The number of rotatable bonds is 3. The third-order valence-corrected chi connectivity index (χ3v) is 3.60.